The van der Waals surface area contributed by atoms with Crippen molar-refractivity contribution in [1.82, 2.24) is 25.2 Å². The maximum absolute atomic E-state index is 14.8. The normalized spacial score (nSPS) is 26.6. The van der Waals surface area contributed by atoms with E-state index in [0.29, 0.717) is 61.4 Å². The molecule has 3 N–H and O–H groups in total. The number of rotatable bonds is 8. The molecule has 1 saturated heterocycles. The van der Waals surface area contributed by atoms with E-state index in [4.69, 9.17) is 18.9 Å². The molecule has 4 amide bonds. The largest absolute Gasteiger partial charge is 0.484 e. The van der Waals surface area contributed by atoms with Gasteiger partial charge in [0.2, 0.25) is 21.8 Å². The summed E-state index contributed by atoms with van der Waals surface area (Å²) in [5.41, 5.74) is -1.19. The van der Waals surface area contributed by atoms with Crippen LogP contribution < -0.4 is 20.1 Å². The zero-order valence-electron chi connectivity index (χ0n) is 34.3. The average Bonchev–Trinajstić information content (AvgIpc) is 4.06. The van der Waals surface area contributed by atoms with Gasteiger partial charge in [-0.05, 0) is 88.5 Å². The summed E-state index contributed by atoms with van der Waals surface area (Å²) in [6.45, 7) is -0.172. The number of alkyl halides is 3. The number of hydrogen-bond donors (Lipinski definition) is 3. The highest BCUT2D eigenvalue weighted by Crippen LogP contribution is 2.46. The average molecular weight is 892 g/mol. The number of carbonyl (C=O) groups excluding carboxylic acids is 4. The van der Waals surface area contributed by atoms with E-state index in [1.165, 1.54) is 23.1 Å². The third-order valence-corrected chi connectivity index (χ3v) is 14.6. The number of nitrogens with zero attached hydrogens (tertiary/aromatic N) is 2. The Morgan fingerprint density at radius 2 is 1.71 bits per heavy atom. The minimum Gasteiger partial charge on any atom is -0.484 e. The number of sulfonamides is 1. The van der Waals surface area contributed by atoms with Crippen molar-refractivity contribution in [2.45, 2.75) is 125 Å². The molecule has 4 heterocycles. The van der Waals surface area contributed by atoms with E-state index in [0.717, 1.165) is 31.4 Å². The van der Waals surface area contributed by atoms with Gasteiger partial charge in [-0.15, -0.1) is 0 Å². The van der Waals surface area contributed by atoms with Crippen LogP contribution in [0.15, 0.2) is 71.2 Å². The predicted molar refractivity (Wildman–Crippen MR) is 223 cm³/mol. The minimum atomic E-state index is -4.62. The van der Waals surface area contributed by atoms with E-state index >= 15 is 0 Å². The predicted octanol–water partition coefficient (Wildman–Crippen LogP) is 7.06. The molecule has 9 rings (SSSR count). The Labute approximate surface area is 361 Å². The van der Waals surface area contributed by atoms with E-state index in [2.05, 4.69) is 15.4 Å². The third kappa shape index (κ3) is 8.95. The van der Waals surface area contributed by atoms with Crippen LogP contribution in [-0.4, -0.2) is 83.7 Å². The van der Waals surface area contributed by atoms with Crippen LogP contribution in [0.4, 0.5) is 18.0 Å². The Kier molecular flexibility index (Phi) is 11.4. The second-order valence-electron chi connectivity index (χ2n) is 17.4. The number of alkyl carbamates (subject to hydrolysis) is 1. The van der Waals surface area contributed by atoms with Gasteiger partial charge in [-0.2, -0.15) is 13.2 Å². The lowest BCUT2D eigenvalue weighted by molar-refractivity contribution is -0.141. The maximum Gasteiger partial charge on any atom is 0.416 e. The minimum absolute atomic E-state index is 0.104. The van der Waals surface area contributed by atoms with Crippen LogP contribution in [0.25, 0.3) is 33.3 Å². The Balaban J connectivity index is 1.06. The molecule has 5 atom stereocenters. The Hall–Kier alpha value is -5.65. The molecule has 4 aromatic rings. The van der Waals surface area contributed by atoms with Crippen molar-refractivity contribution >= 4 is 55.9 Å². The van der Waals surface area contributed by atoms with Crippen molar-refractivity contribution in [3.63, 3.8) is 0 Å². The van der Waals surface area contributed by atoms with Crippen molar-refractivity contribution in [2.75, 3.05) is 6.54 Å². The quantitative estimate of drug-likeness (QED) is 0.155. The number of fused-ring (bicyclic) bond motifs is 5. The van der Waals surface area contributed by atoms with Crippen molar-refractivity contribution in [2.24, 2.45) is 5.92 Å². The van der Waals surface area contributed by atoms with Gasteiger partial charge in [0.1, 0.15) is 40.9 Å². The Bertz CT molecular complexity index is 2590. The first kappa shape index (κ1) is 42.6. The summed E-state index contributed by atoms with van der Waals surface area (Å²) in [5, 5.41) is 5.51. The van der Waals surface area contributed by atoms with Gasteiger partial charge in [0, 0.05) is 29.4 Å². The lowest BCUT2D eigenvalue weighted by Crippen LogP contribution is -2.58. The number of ether oxygens (including phenoxy) is 2. The zero-order chi connectivity index (χ0) is 44.1. The molecule has 5 aliphatic rings. The second-order valence-corrected chi connectivity index (χ2v) is 19.3. The van der Waals surface area contributed by atoms with Crippen LogP contribution in [0.2, 0.25) is 0 Å². The van der Waals surface area contributed by atoms with Gasteiger partial charge in [-0.3, -0.25) is 19.1 Å². The summed E-state index contributed by atoms with van der Waals surface area (Å²) in [6, 6.07) is 10.9. The first-order valence-electron chi connectivity index (χ1n) is 21.7. The molecule has 0 bridgehead atoms. The molecule has 0 spiro atoms. The van der Waals surface area contributed by atoms with E-state index in [-0.39, 0.29) is 54.5 Å². The highest BCUT2D eigenvalue weighted by atomic mass is 32.2. The lowest BCUT2D eigenvalue weighted by Gasteiger charge is -2.30. The van der Waals surface area contributed by atoms with Gasteiger partial charge in [0.05, 0.1) is 23.1 Å². The Morgan fingerprint density at radius 1 is 0.937 bits per heavy atom. The molecule has 0 unspecified atom stereocenters. The van der Waals surface area contributed by atoms with Gasteiger partial charge in [0.25, 0.3) is 5.91 Å². The van der Waals surface area contributed by atoms with E-state index in [9.17, 15) is 40.8 Å². The first-order chi connectivity index (χ1) is 30.2. The fourth-order valence-corrected chi connectivity index (χ4v) is 10.5. The number of carbonyl (C=O) groups is 4. The molecule has 63 heavy (non-hydrogen) atoms. The van der Waals surface area contributed by atoms with Crippen LogP contribution in [-0.2, 0) is 35.3 Å². The summed E-state index contributed by atoms with van der Waals surface area (Å²) in [7, 11) is -3.97. The van der Waals surface area contributed by atoms with Crippen LogP contribution in [0.5, 0.6) is 5.75 Å². The molecule has 4 fully saturated rings. The smallest absolute Gasteiger partial charge is 0.416 e. The number of nitrogens with one attached hydrogen (secondary N) is 3. The molecule has 0 radical (unpaired) electrons. The van der Waals surface area contributed by atoms with Gasteiger partial charge in [0.15, 0.2) is 11.3 Å². The fraction of sp³-hybridized carbons (Fsp3) is 0.489. The number of halogens is 3. The van der Waals surface area contributed by atoms with Gasteiger partial charge < -0.3 is 29.4 Å². The molecule has 18 heteroatoms. The molecule has 3 aliphatic carbocycles. The van der Waals surface area contributed by atoms with E-state index in [1.54, 1.807) is 24.3 Å². The summed E-state index contributed by atoms with van der Waals surface area (Å²) in [6.07, 6.45) is 4.24. The first-order valence-corrected chi connectivity index (χ1v) is 23.2. The van der Waals surface area contributed by atoms with Gasteiger partial charge >= 0.3 is 12.3 Å². The lowest BCUT2D eigenvalue weighted by atomic mass is 10.0. The van der Waals surface area contributed by atoms with Crippen LogP contribution in [0, 0.1) is 5.92 Å². The molecule has 14 nitrogen and oxygen atoms in total. The molecule has 334 valence electrons. The van der Waals surface area contributed by atoms with E-state index < -0.39 is 80.5 Å². The van der Waals surface area contributed by atoms with Crippen LogP contribution in [0.1, 0.15) is 89.0 Å². The van der Waals surface area contributed by atoms with Crippen molar-refractivity contribution < 1.29 is 54.7 Å². The molecular weight excluding hydrogens is 844 g/mol. The number of hydrogen-bond acceptors (Lipinski definition) is 10. The molecule has 2 aliphatic heterocycles. The number of pyridine rings is 1. The highest BCUT2D eigenvalue weighted by molar-refractivity contribution is 7.91. The third-order valence-electron chi connectivity index (χ3n) is 12.8. The molecule has 3 saturated carbocycles. The highest BCUT2D eigenvalue weighted by Gasteiger charge is 2.62. The molecule has 2 aromatic carbocycles. The summed E-state index contributed by atoms with van der Waals surface area (Å²) < 4.78 is 88.1. The second kappa shape index (κ2) is 16.8. The molecular formula is C45H48F3N5O9S. The maximum atomic E-state index is 14.8. The molecule has 2 aromatic heterocycles. The van der Waals surface area contributed by atoms with E-state index in [1.807, 2.05) is 12.2 Å². The zero-order valence-corrected chi connectivity index (χ0v) is 35.1. The van der Waals surface area contributed by atoms with Gasteiger partial charge in [-0.25, -0.2) is 18.2 Å². The standard InChI is InChI=1S/C45H48F3N5O9S/c46-45(47,48)27-13-10-11-26(21-27)34-23-37(39-38(49-34)32-16-8-9-18-36(32)62-39)60-30-22-35-40(54)51-44(42(56)52-63(58,59)31-19-20-31)24-28(44)12-4-2-1-3-5-17-33(41(55)53(35)25-30)50-43(57)61-29-14-6-7-15-29/h4,8-13,16,18,21,23,28-31,33,35H,1-3,5-7,14-15,17,19-20,22,24-25H2,(H,50,57)(H,51,54)(H,52,56)/b12-4-/t28-,30-,33+,35+,44-/m1/s1. The Morgan fingerprint density at radius 3 is 2.49 bits per heavy atom. The number of aromatic nitrogens is 1. The summed E-state index contributed by atoms with van der Waals surface area (Å²) in [4.78, 5) is 62.6. The topological polar surface area (TPSA) is 186 Å². The monoisotopic (exact) mass is 891 g/mol. The summed E-state index contributed by atoms with van der Waals surface area (Å²) >= 11 is 0. The number of para-hydroxylation sites is 1. The number of furan rings is 1. The number of benzene rings is 2. The van der Waals surface area contributed by atoms with Gasteiger partial charge in [-0.1, -0.05) is 49.3 Å². The SMILES string of the molecule is O=C(N[C@H]1CCCCC/C=C\[C@@H]2C[C@@]2(C(=O)NS(=O)(=O)C2CC2)NC(=O)[C@@H]2C[C@@H](Oc3cc(-c4cccc(C(F)(F)F)c4)nc4c3oc3ccccc34)CN2C1=O)OC1CCCC1. The van der Waals surface area contributed by atoms with Crippen molar-refractivity contribution in [3.05, 3.63) is 72.3 Å². The van der Waals surface area contributed by atoms with Crippen LogP contribution >= 0.6 is 0 Å². The number of amides is 4. The number of allylic oxidation sites excluding steroid dienone is 1. The summed E-state index contributed by atoms with van der Waals surface area (Å²) in [5.74, 6) is -2.56. The van der Waals surface area contributed by atoms with Crippen molar-refractivity contribution in [3.8, 4) is 17.0 Å². The van der Waals surface area contributed by atoms with Crippen LogP contribution in [0.3, 0.4) is 0 Å². The van der Waals surface area contributed by atoms with Crippen molar-refractivity contribution in [1.29, 1.82) is 0 Å². The fourth-order valence-electron chi connectivity index (χ4n) is 9.10.